The SMILES string of the molecule is COc1cc(C(=O)C(C)C#N)ccc1[N+](=O)[O-]. The lowest BCUT2D eigenvalue weighted by Gasteiger charge is -2.05. The van der Waals surface area contributed by atoms with Gasteiger partial charge in [-0.1, -0.05) is 0 Å². The van der Waals surface area contributed by atoms with E-state index < -0.39 is 10.8 Å². The van der Waals surface area contributed by atoms with E-state index in [1.807, 2.05) is 6.07 Å². The maximum atomic E-state index is 11.7. The molecule has 6 heteroatoms. The van der Waals surface area contributed by atoms with Crippen LogP contribution in [0.15, 0.2) is 18.2 Å². The highest BCUT2D eigenvalue weighted by Gasteiger charge is 2.20. The first-order valence-corrected chi connectivity index (χ1v) is 4.77. The van der Waals surface area contributed by atoms with Gasteiger partial charge in [-0.05, 0) is 19.1 Å². The van der Waals surface area contributed by atoms with Gasteiger partial charge in [-0.25, -0.2) is 0 Å². The smallest absolute Gasteiger partial charge is 0.310 e. The number of carbonyl (C=O) groups excluding carboxylic acids is 1. The number of benzene rings is 1. The van der Waals surface area contributed by atoms with Crippen LogP contribution in [0.25, 0.3) is 0 Å². The van der Waals surface area contributed by atoms with Crippen LogP contribution in [0, 0.1) is 27.4 Å². The van der Waals surface area contributed by atoms with E-state index in [1.54, 1.807) is 0 Å². The Morgan fingerprint density at radius 2 is 2.24 bits per heavy atom. The summed E-state index contributed by atoms with van der Waals surface area (Å²) in [6.45, 7) is 1.47. The molecule has 0 bridgehead atoms. The molecule has 0 fully saturated rings. The summed E-state index contributed by atoms with van der Waals surface area (Å²) in [7, 11) is 1.28. The number of methoxy groups -OCH3 is 1. The second-order valence-electron chi connectivity index (χ2n) is 3.36. The van der Waals surface area contributed by atoms with Crippen LogP contribution in [-0.4, -0.2) is 17.8 Å². The van der Waals surface area contributed by atoms with Gasteiger partial charge in [-0.2, -0.15) is 5.26 Å². The van der Waals surface area contributed by atoms with Crippen LogP contribution < -0.4 is 4.74 Å². The quantitative estimate of drug-likeness (QED) is 0.451. The Hall–Kier alpha value is -2.42. The molecule has 0 amide bonds. The number of ether oxygens (including phenoxy) is 1. The third-order valence-electron chi connectivity index (χ3n) is 2.25. The van der Waals surface area contributed by atoms with Crippen molar-refractivity contribution in [3.05, 3.63) is 33.9 Å². The molecule has 0 aliphatic heterocycles. The van der Waals surface area contributed by atoms with E-state index in [4.69, 9.17) is 10.00 Å². The molecule has 0 N–H and O–H groups in total. The van der Waals surface area contributed by atoms with Gasteiger partial charge >= 0.3 is 5.69 Å². The standard InChI is InChI=1S/C11H10N2O4/c1-7(6-12)11(14)8-3-4-9(13(15)16)10(5-8)17-2/h3-5,7H,1-2H3. The van der Waals surface area contributed by atoms with Crippen LogP contribution in [0.4, 0.5) is 5.69 Å². The van der Waals surface area contributed by atoms with Crippen molar-refractivity contribution in [3.63, 3.8) is 0 Å². The predicted molar refractivity (Wildman–Crippen MR) is 58.8 cm³/mol. The van der Waals surface area contributed by atoms with Crippen LogP contribution in [-0.2, 0) is 0 Å². The maximum Gasteiger partial charge on any atom is 0.310 e. The zero-order valence-electron chi connectivity index (χ0n) is 9.34. The fourth-order valence-corrected chi connectivity index (χ4v) is 1.29. The van der Waals surface area contributed by atoms with Crippen molar-refractivity contribution in [1.29, 1.82) is 5.26 Å². The molecular formula is C11H10N2O4. The first kappa shape index (κ1) is 12.6. The number of hydrogen-bond donors (Lipinski definition) is 0. The third kappa shape index (κ3) is 2.58. The molecule has 6 nitrogen and oxygen atoms in total. The molecule has 88 valence electrons. The van der Waals surface area contributed by atoms with E-state index in [0.29, 0.717) is 0 Å². The Balaban J connectivity index is 3.19. The summed E-state index contributed by atoms with van der Waals surface area (Å²) in [5, 5.41) is 19.3. The highest BCUT2D eigenvalue weighted by atomic mass is 16.6. The summed E-state index contributed by atoms with van der Waals surface area (Å²) >= 11 is 0. The number of nitro groups is 1. The maximum absolute atomic E-state index is 11.7. The topological polar surface area (TPSA) is 93.2 Å². The van der Waals surface area contributed by atoms with Crippen molar-refractivity contribution in [3.8, 4) is 11.8 Å². The molecule has 1 aromatic rings. The summed E-state index contributed by atoms with van der Waals surface area (Å²) in [4.78, 5) is 21.7. The number of Topliss-reactive ketones (excluding diaryl/α,β-unsaturated/α-hetero) is 1. The molecule has 0 radical (unpaired) electrons. The fourth-order valence-electron chi connectivity index (χ4n) is 1.29. The van der Waals surface area contributed by atoms with E-state index in [0.717, 1.165) is 0 Å². The number of ketones is 1. The molecule has 0 aromatic heterocycles. The Morgan fingerprint density at radius 1 is 1.59 bits per heavy atom. The number of hydrogen-bond acceptors (Lipinski definition) is 5. The van der Waals surface area contributed by atoms with Crippen molar-refractivity contribution in [1.82, 2.24) is 0 Å². The van der Waals surface area contributed by atoms with Gasteiger partial charge in [0.05, 0.1) is 18.1 Å². The van der Waals surface area contributed by atoms with Crippen LogP contribution in [0.3, 0.4) is 0 Å². The normalized spacial score (nSPS) is 11.4. The largest absolute Gasteiger partial charge is 0.490 e. The van der Waals surface area contributed by atoms with Gasteiger partial charge in [0.15, 0.2) is 11.5 Å². The summed E-state index contributed by atoms with van der Waals surface area (Å²) in [6.07, 6.45) is 0. The molecule has 1 rings (SSSR count). The summed E-state index contributed by atoms with van der Waals surface area (Å²) in [5.41, 5.74) is 0.00941. The van der Waals surface area contributed by atoms with Crippen molar-refractivity contribution in [2.45, 2.75) is 6.92 Å². The monoisotopic (exact) mass is 234 g/mol. The Labute approximate surface area is 97.6 Å². The molecule has 0 heterocycles. The molecule has 0 saturated carbocycles. The van der Waals surface area contributed by atoms with Crippen LogP contribution in [0.1, 0.15) is 17.3 Å². The van der Waals surface area contributed by atoms with Crippen LogP contribution in [0.2, 0.25) is 0 Å². The average molecular weight is 234 g/mol. The summed E-state index contributed by atoms with van der Waals surface area (Å²) in [5.74, 6) is -1.17. The third-order valence-corrected chi connectivity index (χ3v) is 2.25. The molecule has 17 heavy (non-hydrogen) atoms. The molecular weight excluding hydrogens is 224 g/mol. The molecule has 1 unspecified atom stereocenters. The zero-order chi connectivity index (χ0) is 13.0. The minimum Gasteiger partial charge on any atom is -0.490 e. The van der Waals surface area contributed by atoms with E-state index >= 15 is 0 Å². The Bertz CT molecular complexity index is 505. The molecule has 1 aromatic carbocycles. The van der Waals surface area contributed by atoms with Crippen LogP contribution in [0.5, 0.6) is 5.75 Å². The Kier molecular flexibility index (Phi) is 3.78. The highest BCUT2D eigenvalue weighted by molar-refractivity contribution is 5.99. The van der Waals surface area contributed by atoms with Gasteiger partial charge in [0.25, 0.3) is 0 Å². The minimum atomic E-state index is -0.791. The first-order valence-electron chi connectivity index (χ1n) is 4.77. The fraction of sp³-hybridized carbons (Fsp3) is 0.273. The van der Waals surface area contributed by atoms with Gasteiger partial charge in [0, 0.05) is 11.6 Å². The number of nitrogens with zero attached hydrogens (tertiary/aromatic N) is 2. The van der Waals surface area contributed by atoms with Gasteiger partial charge in [0.2, 0.25) is 0 Å². The Morgan fingerprint density at radius 3 is 2.71 bits per heavy atom. The van der Waals surface area contributed by atoms with Crippen molar-refractivity contribution < 1.29 is 14.5 Å². The van der Waals surface area contributed by atoms with Gasteiger partial charge in [0.1, 0.15) is 5.92 Å². The van der Waals surface area contributed by atoms with E-state index in [2.05, 4.69) is 0 Å². The second-order valence-corrected chi connectivity index (χ2v) is 3.36. The van der Waals surface area contributed by atoms with Gasteiger partial charge < -0.3 is 4.74 Å². The van der Waals surface area contributed by atoms with Crippen LogP contribution >= 0.6 is 0 Å². The van der Waals surface area contributed by atoms with Crippen molar-refractivity contribution in [2.24, 2.45) is 5.92 Å². The van der Waals surface area contributed by atoms with E-state index in [-0.39, 0.29) is 22.8 Å². The average Bonchev–Trinajstić information content (AvgIpc) is 2.35. The molecule has 0 saturated heterocycles. The predicted octanol–water partition coefficient (Wildman–Crippen LogP) is 1.95. The van der Waals surface area contributed by atoms with Crippen molar-refractivity contribution >= 4 is 11.5 Å². The first-order chi connectivity index (χ1) is 8.01. The lowest BCUT2D eigenvalue weighted by atomic mass is 10.0. The van der Waals surface area contributed by atoms with E-state index in [9.17, 15) is 14.9 Å². The lowest BCUT2D eigenvalue weighted by molar-refractivity contribution is -0.385. The number of rotatable bonds is 4. The molecule has 0 aliphatic rings. The van der Waals surface area contributed by atoms with Gasteiger partial charge in [-0.3, -0.25) is 14.9 Å². The number of nitro benzene ring substituents is 1. The molecule has 0 spiro atoms. The van der Waals surface area contributed by atoms with Gasteiger partial charge in [-0.15, -0.1) is 0 Å². The molecule has 0 aliphatic carbocycles. The number of nitriles is 1. The summed E-state index contributed by atoms with van der Waals surface area (Å²) < 4.78 is 4.83. The van der Waals surface area contributed by atoms with Crippen molar-refractivity contribution in [2.75, 3.05) is 7.11 Å². The number of carbonyl (C=O) groups is 1. The zero-order valence-corrected chi connectivity index (χ0v) is 9.34. The molecule has 1 atom stereocenters. The second kappa shape index (κ2) is 5.07. The minimum absolute atomic E-state index is 0.00555. The van der Waals surface area contributed by atoms with E-state index in [1.165, 1.54) is 32.2 Å². The highest BCUT2D eigenvalue weighted by Crippen LogP contribution is 2.28. The lowest BCUT2D eigenvalue weighted by Crippen LogP contribution is -2.09. The summed E-state index contributed by atoms with van der Waals surface area (Å²) in [6, 6.07) is 5.59.